The number of hydrogen-bond donors (Lipinski definition) is 1. The molecule has 1 N–H and O–H groups in total. The van der Waals surface area contributed by atoms with Crippen molar-refractivity contribution in [3.63, 3.8) is 0 Å². The Bertz CT molecular complexity index is 698. The van der Waals surface area contributed by atoms with Crippen molar-refractivity contribution in [3.8, 4) is 23.0 Å². The van der Waals surface area contributed by atoms with Crippen molar-refractivity contribution >= 4 is 0 Å². The molecule has 3 rings (SSSR count). The number of hydrogen-bond acceptors (Lipinski definition) is 6. The zero-order valence-electron chi connectivity index (χ0n) is 10.4. The van der Waals surface area contributed by atoms with Crippen LogP contribution in [0.5, 0.6) is 11.5 Å². The Morgan fingerprint density at radius 3 is 2.80 bits per heavy atom. The monoisotopic (exact) mass is 269 g/mol. The van der Waals surface area contributed by atoms with E-state index in [0.717, 1.165) is 5.75 Å². The molecule has 0 atom stereocenters. The summed E-state index contributed by atoms with van der Waals surface area (Å²) >= 11 is 0. The fourth-order valence-electron chi connectivity index (χ4n) is 1.64. The summed E-state index contributed by atoms with van der Waals surface area (Å²) in [6.45, 7) is 0.208. The molecule has 100 valence electrons. The number of ether oxygens (including phenoxy) is 1. The number of rotatable bonds is 4. The second-order valence-corrected chi connectivity index (χ2v) is 4.05. The molecule has 0 amide bonds. The highest BCUT2D eigenvalue weighted by molar-refractivity contribution is 5.53. The van der Waals surface area contributed by atoms with Crippen LogP contribution in [-0.4, -0.2) is 20.2 Å². The Labute approximate surface area is 114 Å². The molecule has 0 unspecified atom stereocenters. The molecule has 6 heteroatoms. The van der Waals surface area contributed by atoms with Crippen LogP contribution in [0, 0.1) is 0 Å². The average Bonchev–Trinajstić information content (AvgIpc) is 2.95. The van der Waals surface area contributed by atoms with Gasteiger partial charge in [0.1, 0.15) is 11.5 Å². The minimum atomic E-state index is 0.0442. The van der Waals surface area contributed by atoms with Crippen LogP contribution in [0.4, 0.5) is 0 Å². The third kappa shape index (κ3) is 2.74. The van der Waals surface area contributed by atoms with E-state index in [1.807, 2.05) is 30.3 Å². The van der Waals surface area contributed by atoms with Gasteiger partial charge < -0.3 is 14.4 Å². The third-order valence-corrected chi connectivity index (χ3v) is 2.55. The van der Waals surface area contributed by atoms with E-state index in [1.165, 1.54) is 18.5 Å². The van der Waals surface area contributed by atoms with Crippen LogP contribution < -0.4 is 4.74 Å². The Morgan fingerprint density at radius 1 is 1.15 bits per heavy atom. The first-order chi connectivity index (χ1) is 9.81. The van der Waals surface area contributed by atoms with Gasteiger partial charge in [0.15, 0.2) is 6.61 Å². The minimum Gasteiger partial charge on any atom is -0.506 e. The first-order valence-electron chi connectivity index (χ1n) is 5.96. The molecule has 0 saturated heterocycles. The Hall–Kier alpha value is -2.89. The van der Waals surface area contributed by atoms with Crippen molar-refractivity contribution in [1.82, 2.24) is 15.1 Å². The lowest BCUT2D eigenvalue weighted by atomic mass is 10.3. The molecule has 0 spiro atoms. The van der Waals surface area contributed by atoms with Crippen LogP contribution >= 0.6 is 0 Å². The van der Waals surface area contributed by atoms with Gasteiger partial charge in [0, 0.05) is 6.20 Å². The predicted molar refractivity (Wildman–Crippen MR) is 70.0 cm³/mol. The summed E-state index contributed by atoms with van der Waals surface area (Å²) in [4.78, 5) is 8.04. The number of aromatic hydroxyl groups is 1. The van der Waals surface area contributed by atoms with Gasteiger partial charge in [-0.25, -0.2) is 0 Å². The largest absolute Gasteiger partial charge is 0.506 e. The van der Waals surface area contributed by atoms with E-state index < -0.39 is 0 Å². The smallest absolute Gasteiger partial charge is 0.259 e. The minimum absolute atomic E-state index is 0.0442. The molecule has 20 heavy (non-hydrogen) atoms. The maximum absolute atomic E-state index is 9.36. The van der Waals surface area contributed by atoms with E-state index in [0.29, 0.717) is 17.3 Å². The van der Waals surface area contributed by atoms with Gasteiger partial charge in [0.2, 0.25) is 5.82 Å². The predicted octanol–water partition coefficient (Wildman–Crippen LogP) is 2.42. The van der Waals surface area contributed by atoms with E-state index in [1.54, 1.807) is 0 Å². The fraction of sp³-hybridized carbons (Fsp3) is 0.0714. The molecule has 3 aromatic rings. The Morgan fingerprint density at radius 2 is 2.00 bits per heavy atom. The zero-order valence-corrected chi connectivity index (χ0v) is 10.4. The summed E-state index contributed by atoms with van der Waals surface area (Å²) in [6, 6.07) is 10.9. The Balaban J connectivity index is 1.71. The lowest BCUT2D eigenvalue weighted by Gasteiger charge is -2.01. The molecule has 6 nitrogen and oxygen atoms in total. The highest BCUT2D eigenvalue weighted by atomic mass is 16.5. The van der Waals surface area contributed by atoms with Gasteiger partial charge in [-0.1, -0.05) is 23.4 Å². The van der Waals surface area contributed by atoms with Crippen LogP contribution in [0.15, 0.2) is 53.3 Å². The van der Waals surface area contributed by atoms with Gasteiger partial charge in [0.05, 0.1) is 11.8 Å². The van der Waals surface area contributed by atoms with Gasteiger partial charge in [-0.2, -0.15) is 4.98 Å². The molecule has 0 aliphatic carbocycles. The summed E-state index contributed by atoms with van der Waals surface area (Å²) < 4.78 is 10.6. The SMILES string of the molecule is Oc1cncc(-c2nc(COc3ccccc3)no2)c1. The van der Waals surface area contributed by atoms with E-state index >= 15 is 0 Å². The number of benzene rings is 1. The molecule has 0 aliphatic rings. The van der Waals surface area contributed by atoms with Crippen LogP contribution in [0.25, 0.3) is 11.5 Å². The molecular weight excluding hydrogens is 258 g/mol. The van der Waals surface area contributed by atoms with E-state index in [-0.39, 0.29) is 12.4 Å². The third-order valence-electron chi connectivity index (χ3n) is 2.55. The van der Waals surface area contributed by atoms with Crippen molar-refractivity contribution in [2.24, 2.45) is 0 Å². The van der Waals surface area contributed by atoms with Crippen LogP contribution in [-0.2, 0) is 6.61 Å². The van der Waals surface area contributed by atoms with Crippen molar-refractivity contribution in [2.75, 3.05) is 0 Å². The molecule has 2 aromatic heterocycles. The normalized spacial score (nSPS) is 10.4. The van der Waals surface area contributed by atoms with Crippen molar-refractivity contribution in [2.45, 2.75) is 6.61 Å². The molecular formula is C14H11N3O3. The van der Waals surface area contributed by atoms with Gasteiger partial charge >= 0.3 is 0 Å². The maximum atomic E-state index is 9.36. The molecule has 0 bridgehead atoms. The summed E-state index contributed by atoms with van der Waals surface area (Å²) in [7, 11) is 0. The maximum Gasteiger partial charge on any atom is 0.259 e. The number of pyridine rings is 1. The molecule has 0 fully saturated rings. The fourth-order valence-corrected chi connectivity index (χ4v) is 1.64. The standard InChI is InChI=1S/C14H11N3O3/c18-11-6-10(7-15-8-11)14-16-13(17-20-14)9-19-12-4-2-1-3-5-12/h1-8,18H,9H2. The first-order valence-corrected chi connectivity index (χ1v) is 5.96. The summed E-state index contributed by atoms with van der Waals surface area (Å²) in [5, 5.41) is 13.2. The van der Waals surface area contributed by atoms with Crippen LogP contribution in [0.2, 0.25) is 0 Å². The van der Waals surface area contributed by atoms with Crippen LogP contribution in [0.3, 0.4) is 0 Å². The summed E-state index contributed by atoms with van der Waals surface area (Å²) in [5.41, 5.74) is 0.559. The van der Waals surface area contributed by atoms with E-state index in [2.05, 4.69) is 15.1 Å². The summed E-state index contributed by atoms with van der Waals surface area (Å²) in [6.07, 6.45) is 2.87. The highest BCUT2D eigenvalue weighted by Gasteiger charge is 2.10. The lowest BCUT2D eigenvalue weighted by Crippen LogP contribution is -1.97. The number of aromatic nitrogens is 3. The molecule has 0 radical (unpaired) electrons. The topological polar surface area (TPSA) is 81.3 Å². The van der Waals surface area contributed by atoms with Gasteiger partial charge in [-0.3, -0.25) is 4.98 Å². The van der Waals surface area contributed by atoms with Crippen LogP contribution in [0.1, 0.15) is 5.82 Å². The second-order valence-electron chi connectivity index (χ2n) is 4.05. The Kier molecular flexibility index (Phi) is 3.28. The second kappa shape index (κ2) is 5.40. The van der Waals surface area contributed by atoms with Gasteiger partial charge in [-0.05, 0) is 18.2 Å². The zero-order chi connectivity index (χ0) is 13.8. The quantitative estimate of drug-likeness (QED) is 0.783. The average molecular weight is 269 g/mol. The number of nitrogens with zero attached hydrogens (tertiary/aromatic N) is 3. The van der Waals surface area contributed by atoms with E-state index in [9.17, 15) is 5.11 Å². The summed E-state index contributed by atoms with van der Waals surface area (Å²) in [5.74, 6) is 1.49. The highest BCUT2D eigenvalue weighted by Crippen LogP contribution is 2.20. The number of para-hydroxylation sites is 1. The van der Waals surface area contributed by atoms with Crippen molar-refractivity contribution in [3.05, 3.63) is 54.6 Å². The van der Waals surface area contributed by atoms with Crippen molar-refractivity contribution < 1.29 is 14.4 Å². The molecule has 2 heterocycles. The van der Waals surface area contributed by atoms with Gasteiger partial charge in [0.25, 0.3) is 5.89 Å². The van der Waals surface area contributed by atoms with E-state index in [4.69, 9.17) is 9.26 Å². The van der Waals surface area contributed by atoms with Crippen molar-refractivity contribution in [1.29, 1.82) is 0 Å². The lowest BCUT2D eigenvalue weighted by molar-refractivity contribution is 0.287. The van der Waals surface area contributed by atoms with Gasteiger partial charge in [-0.15, -0.1) is 0 Å². The first kappa shape index (κ1) is 12.2. The molecule has 0 saturated carbocycles. The molecule has 1 aromatic carbocycles. The molecule has 0 aliphatic heterocycles.